The molecular formula is C3HNO3. The lowest BCUT2D eigenvalue weighted by Gasteiger charge is -1.65. The highest BCUT2D eigenvalue weighted by molar-refractivity contribution is 5.37. The van der Waals surface area contributed by atoms with Gasteiger partial charge in [0.1, 0.15) is 0 Å². The van der Waals surface area contributed by atoms with Gasteiger partial charge in [-0.15, -0.1) is 0 Å². The molecule has 4 heteroatoms. The molecule has 2 heterocycles. The minimum Gasteiger partial charge on any atom is -0.397 e. The van der Waals surface area contributed by atoms with E-state index in [1.54, 1.807) is 0 Å². The van der Waals surface area contributed by atoms with Crippen molar-refractivity contribution < 1.29 is 9.15 Å². The second-order valence-corrected chi connectivity index (χ2v) is 1.23. The molecule has 36 valence electrons. The largest absolute Gasteiger partial charge is 0.422 e. The summed E-state index contributed by atoms with van der Waals surface area (Å²) in [4.78, 5) is 12.3. The van der Waals surface area contributed by atoms with Crippen LogP contribution in [-0.2, 0) is 0 Å². The van der Waals surface area contributed by atoms with Gasteiger partial charge >= 0.3 is 11.7 Å². The Morgan fingerprint density at radius 3 is 2.71 bits per heavy atom. The van der Waals surface area contributed by atoms with Crippen molar-refractivity contribution >= 4 is 0 Å². The van der Waals surface area contributed by atoms with Crippen LogP contribution in [0.3, 0.4) is 0 Å². The monoisotopic (exact) mass is 99.0 g/mol. The number of fused-ring (bicyclic) bond motifs is 1. The fraction of sp³-hybridized carbons (Fsp3) is 0. The molecule has 0 amide bonds. The van der Waals surface area contributed by atoms with Crippen LogP contribution in [0.15, 0.2) is 9.21 Å². The predicted molar refractivity (Wildman–Crippen MR) is 19.4 cm³/mol. The normalized spacial score (nSPS) is 12.6. The average molecular weight is 99.0 g/mol. The molecule has 0 aliphatic carbocycles. The zero-order valence-electron chi connectivity index (χ0n) is 3.22. The molecule has 1 aromatic rings. The van der Waals surface area contributed by atoms with E-state index in [0.29, 0.717) is 11.8 Å². The Labute approximate surface area is 37.7 Å². The van der Waals surface area contributed by atoms with Gasteiger partial charge in [-0.05, 0) is 0 Å². The standard InChI is InChI=1S/C3HNO3/c5-3-4-1-2(6-1)7-3/h(H,4,5). The minimum atomic E-state index is -0.448. The maximum absolute atomic E-state index is 10.0. The van der Waals surface area contributed by atoms with E-state index in [9.17, 15) is 4.79 Å². The van der Waals surface area contributed by atoms with Crippen LogP contribution in [0.25, 0.3) is 0 Å². The van der Waals surface area contributed by atoms with Crippen LogP contribution in [0, 0.1) is 0 Å². The molecule has 4 nitrogen and oxygen atoms in total. The molecule has 0 aromatic carbocycles. The van der Waals surface area contributed by atoms with Crippen molar-refractivity contribution in [2.24, 2.45) is 0 Å². The molecule has 0 unspecified atom stereocenters. The fourth-order valence-corrected chi connectivity index (χ4v) is 0.413. The van der Waals surface area contributed by atoms with Crippen LogP contribution in [0.4, 0.5) is 0 Å². The van der Waals surface area contributed by atoms with Crippen LogP contribution in [0.2, 0.25) is 0 Å². The van der Waals surface area contributed by atoms with E-state index in [0.717, 1.165) is 0 Å². The fourth-order valence-electron chi connectivity index (χ4n) is 0.413. The number of ether oxygens (including phenoxy) is 1. The van der Waals surface area contributed by atoms with Gasteiger partial charge in [0.15, 0.2) is 0 Å². The van der Waals surface area contributed by atoms with Gasteiger partial charge in [0.05, 0.1) is 0 Å². The third-order valence-corrected chi connectivity index (χ3v) is 0.739. The van der Waals surface area contributed by atoms with Crippen LogP contribution in [0.5, 0.6) is 11.8 Å². The first kappa shape index (κ1) is 2.90. The molecule has 0 spiro atoms. The average Bonchev–Trinajstić information content (AvgIpc) is 2.15. The summed E-state index contributed by atoms with van der Waals surface area (Å²) in [6.07, 6.45) is 0. The van der Waals surface area contributed by atoms with Gasteiger partial charge in [0.2, 0.25) is 0 Å². The van der Waals surface area contributed by atoms with Gasteiger partial charge < -0.3 is 9.15 Å². The maximum Gasteiger partial charge on any atom is 0.422 e. The molecule has 0 radical (unpaired) electrons. The molecule has 0 atom stereocenters. The Hall–Kier alpha value is -1.19. The third kappa shape index (κ3) is 0.231. The number of hydrogen-bond donors (Lipinski definition) is 1. The van der Waals surface area contributed by atoms with Crippen molar-refractivity contribution in [1.29, 1.82) is 0 Å². The van der Waals surface area contributed by atoms with Gasteiger partial charge in [-0.2, -0.15) is 0 Å². The summed E-state index contributed by atoms with van der Waals surface area (Å²) in [6.45, 7) is 0. The van der Waals surface area contributed by atoms with Gasteiger partial charge in [0, 0.05) is 0 Å². The van der Waals surface area contributed by atoms with Crippen molar-refractivity contribution in [2.45, 2.75) is 0 Å². The summed E-state index contributed by atoms with van der Waals surface area (Å²) >= 11 is 0. The van der Waals surface area contributed by atoms with Crippen molar-refractivity contribution in [1.82, 2.24) is 4.98 Å². The molecular weight excluding hydrogens is 98.0 g/mol. The molecule has 0 bridgehead atoms. The Bertz CT molecular complexity index is 222. The van der Waals surface area contributed by atoms with E-state index in [1.165, 1.54) is 0 Å². The third-order valence-electron chi connectivity index (χ3n) is 0.739. The van der Waals surface area contributed by atoms with E-state index in [4.69, 9.17) is 0 Å². The van der Waals surface area contributed by atoms with Crippen molar-refractivity contribution in [3.05, 3.63) is 10.6 Å². The first-order chi connectivity index (χ1) is 3.36. The zero-order valence-corrected chi connectivity index (χ0v) is 3.22. The molecule has 2 rings (SSSR count). The van der Waals surface area contributed by atoms with Gasteiger partial charge in [-0.3, -0.25) is 4.98 Å². The summed E-state index contributed by atoms with van der Waals surface area (Å²) in [6, 6.07) is 0. The van der Waals surface area contributed by atoms with Crippen molar-refractivity contribution in [3.8, 4) is 11.8 Å². The van der Waals surface area contributed by atoms with Crippen molar-refractivity contribution in [3.63, 3.8) is 0 Å². The minimum absolute atomic E-state index is 0.324. The lowest BCUT2D eigenvalue weighted by Crippen LogP contribution is -1.95. The Morgan fingerprint density at radius 2 is 2.43 bits per heavy atom. The van der Waals surface area contributed by atoms with Crippen LogP contribution >= 0.6 is 0 Å². The van der Waals surface area contributed by atoms with E-state index in [2.05, 4.69) is 14.1 Å². The molecule has 0 saturated heterocycles. The summed E-state index contributed by atoms with van der Waals surface area (Å²) in [5, 5.41) is 0. The van der Waals surface area contributed by atoms with Gasteiger partial charge in [-0.1, -0.05) is 0 Å². The van der Waals surface area contributed by atoms with E-state index in [-0.39, 0.29) is 0 Å². The number of H-pyrrole nitrogens is 1. The summed E-state index contributed by atoms with van der Waals surface area (Å²) in [5.41, 5.74) is 0. The quantitative estimate of drug-likeness (QED) is 0.475. The lowest BCUT2D eigenvalue weighted by molar-refractivity contribution is 0.405. The molecule has 1 N–H and O–H groups in total. The first-order valence-electron chi connectivity index (χ1n) is 1.77. The molecule has 1 aliphatic rings. The topological polar surface area (TPSA) is 58.5 Å². The number of aromatic amines is 1. The number of rotatable bonds is 0. The predicted octanol–water partition coefficient (Wildman–Crippen LogP) is 0.0736. The van der Waals surface area contributed by atoms with E-state index >= 15 is 0 Å². The second kappa shape index (κ2) is 0.598. The highest BCUT2D eigenvalue weighted by Crippen LogP contribution is 2.40. The molecule has 1 aromatic heterocycles. The van der Waals surface area contributed by atoms with Gasteiger partial charge in [0.25, 0.3) is 5.88 Å². The van der Waals surface area contributed by atoms with Crippen LogP contribution in [-0.4, -0.2) is 4.98 Å². The first-order valence-corrected chi connectivity index (χ1v) is 1.77. The maximum atomic E-state index is 10.0. The highest BCUT2D eigenvalue weighted by Gasteiger charge is 2.27. The van der Waals surface area contributed by atoms with E-state index in [1.807, 2.05) is 0 Å². The number of hydrogen-bond acceptors (Lipinski definition) is 3. The zero-order chi connectivity index (χ0) is 4.85. The SMILES string of the molecule is O=c1[nH]c2c(o1)O2. The molecule has 1 aliphatic heterocycles. The van der Waals surface area contributed by atoms with Crippen LogP contribution < -0.4 is 10.5 Å². The lowest BCUT2D eigenvalue weighted by atomic mass is 11.0. The van der Waals surface area contributed by atoms with Crippen molar-refractivity contribution in [2.75, 3.05) is 0 Å². The Kier molecular flexibility index (Phi) is 0.247. The second-order valence-electron chi connectivity index (χ2n) is 1.23. The molecule has 0 saturated carbocycles. The summed E-state index contributed by atoms with van der Waals surface area (Å²) in [7, 11) is 0. The number of nitrogens with one attached hydrogen (secondary N) is 1. The molecule has 7 heavy (non-hydrogen) atoms. The van der Waals surface area contributed by atoms with E-state index < -0.39 is 5.76 Å². The summed E-state index contributed by atoms with van der Waals surface area (Å²) < 4.78 is 8.84. The summed E-state index contributed by atoms with van der Waals surface area (Å²) in [5.74, 6) is 0.339. The van der Waals surface area contributed by atoms with Gasteiger partial charge in [-0.25, -0.2) is 4.79 Å². The number of oxazole rings is 1. The Balaban J connectivity index is 2.91. The van der Waals surface area contributed by atoms with Crippen LogP contribution in [0.1, 0.15) is 0 Å². The smallest absolute Gasteiger partial charge is 0.397 e. The Morgan fingerprint density at radius 1 is 1.57 bits per heavy atom. The highest BCUT2D eigenvalue weighted by atomic mass is 16.7. The molecule has 0 fully saturated rings. The number of aromatic nitrogens is 1.